The number of hydrogen-bond acceptors (Lipinski definition) is 3. The summed E-state index contributed by atoms with van der Waals surface area (Å²) in [5.74, 6) is 0. The van der Waals surface area contributed by atoms with Crippen LogP contribution in [-0.4, -0.2) is 15.0 Å². The van der Waals surface area contributed by atoms with E-state index in [1.807, 2.05) is 18.2 Å². The molecule has 0 aliphatic heterocycles. The fraction of sp³-hybridized carbons (Fsp3) is 0. The zero-order valence-corrected chi connectivity index (χ0v) is 14.7. The van der Waals surface area contributed by atoms with Crippen LogP contribution < -0.4 is 21.5 Å². The second-order valence-corrected chi connectivity index (χ2v) is 9.49. The van der Waals surface area contributed by atoms with E-state index in [9.17, 15) is 0 Å². The maximum absolute atomic E-state index is 4.62. The number of benzene rings is 3. The first kappa shape index (κ1) is 15.6. The molecule has 0 N–H and O–H groups in total. The van der Waals surface area contributed by atoms with Gasteiger partial charge in [0.1, 0.15) is 0 Å². The average molecular weight is 343 g/mol. The van der Waals surface area contributed by atoms with Gasteiger partial charge in [0.15, 0.2) is 0 Å². The predicted octanol–water partition coefficient (Wildman–Crippen LogP) is 2.22. The summed E-state index contributed by atoms with van der Waals surface area (Å²) in [5.41, 5.74) is 0.853. The van der Waals surface area contributed by atoms with E-state index >= 15 is 0 Å². The van der Waals surface area contributed by atoms with Crippen LogP contribution in [0.4, 0.5) is 0 Å². The quantitative estimate of drug-likeness (QED) is 0.534. The van der Waals surface area contributed by atoms with Crippen LogP contribution in [0.1, 0.15) is 0 Å². The van der Waals surface area contributed by atoms with Crippen LogP contribution in [0.5, 0.6) is 0 Å². The van der Waals surface area contributed by atoms with Gasteiger partial charge in [-0.05, 0) is 0 Å². The molecule has 0 unspecified atom stereocenters. The molecule has 0 fully saturated rings. The Balaban J connectivity index is 2.13. The fourth-order valence-electron chi connectivity index (χ4n) is 3.38. The molecule has 3 aromatic carbocycles. The van der Waals surface area contributed by atoms with Crippen molar-refractivity contribution < 1.29 is 0 Å². The van der Waals surface area contributed by atoms with Gasteiger partial charge in [-0.25, -0.2) is 0 Å². The summed E-state index contributed by atoms with van der Waals surface area (Å²) in [4.78, 5) is 13.3. The normalized spacial score (nSPS) is 11.8. The van der Waals surface area contributed by atoms with E-state index in [1.54, 1.807) is 12.7 Å². The second kappa shape index (κ2) is 6.92. The Labute approximate surface area is 147 Å². The Morgan fingerprint density at radius 2 is 0.840 bits per heavy atom. The van der Waals surface area contributed by atoms with Gasteiger partial charge in [0.25, 0.3) is 0 Å². The molecule has 0 radical (unpaired) electrons. The van der Waals surface area contributed by atoms with Crippen molar-refractivity contribution in [3.63, 3.8) is 0 Å². The van der Waals surface area contributed by atoms with Crippen molar-refractivity contribution in [1.29, 1.82) is 0 Å². The summed E-state index contributed by atoms with van der Waals surface area (Å²) in [6.45, 7) is 0. The number of aromatic nitrogens is 3. The third-order valence-electron chi connectivity index (χ3n) is 4.45. The molecule has 4 rings (SSSR count). The van der Waals surface area contributed by atoms with Gasteiger partial charge in [-0.1, -0.05) is 0 Å². The number of hydrogen-bond donors (Lipinski definition) is 0. The fourth-order valence-corrected chi connectivity index (χ4v) is 7.74. The van der Waals surface area contributed by atoms with E-state index in [4.69, 9.17) is 0 Å². The standard InChI is InChI=1S/C21H18N3P/c1-4-10-18(11-5-1)25(19-12-6-2-7-13-19,20-14-8-3-9-15-20)21-23-16-22-17-24-21/h1-17,25H. The Bertz CT molecular complexity index is 766. The van der Waals surface area contributed by atoms with Crippen molar-refractivity contribution in [1.82, 2.24) is 15.0 Å². The van der Waals surface area contributed by atoms with Crippen LogP contribution in [-0.2, 0) is 0 Å². The van der Waals surface area contributed by atoms with E-state index in [2.05, 4.69) is 87.7 Å². The summed E-state index contributed by atoms with van der Waals surface area (Å²) in [7, 11) is -2.56. The van der Waals surface area contributed by atoms with Crippen LogP contribution in [0.3, 0.4) is 0 Å². The van der Waals surface area contributed by atoms with E-state index in [1.165, 1.54) is 15.9 Å². The molecule has 0 atom stereocenters. The Morgan fingerprint density at radius 1 is 0.480 bits per heavy atom. The van der Waals surface area contributed by atoms with Crippen LogP contribution in [0.25, 0.3) is 0 Å². The van der Waals surface area contributed by atoms with E-state index in [0.717, 1.165) is 5.57 Å². The van der Waals surface area contributed by atoms with Crippen molar-refractivity contribution >= 4 is 28.7 Å². The molecule has 122 valence electrons. The monoisotopic (exact) mass is 343 g/mol. The van der Waals surface area contributed by atoms with Crippen LogP contribution >= 0.6 is 7.26 Å². The first-order valence-corrected chi connectivity index (χ1v) is 10.2. The van der Waals surface area contributed by atoms with Crippen molar-refractivity contribution in [3.05, 3.63) is 104 Å². The summed E-state index contributed by atoms with van der Waals surface area (Å²) < 4.78 is 0. The van der Waals surface area contributed by atoms with Gasteiger partial charge in [-0.3, -0.25) is 0 Å². The van der Waals surface area contributed by atoms with Crippen molar-refractivity contribution in [2.45, 2.75) is 0 Å². The molecule has 1 heterocycles. The van der Waals surface area contributed by atoms with E-state index < -0.39 is 7.26 Å². The molecule has 4 aromatic rings. The van der Waals surface area contributed by atoms with Gasteiger partial charge in [0.2, 0.25) is 0 Å². The molecule has 25 heavy (non-hydrogen) atoms. The molecule has 0 aliphatic carbocycles. The molecule has 0 aliphatic rings. The number of rotatable bonds is 4. The van der Waals surface area contributed by atoms with Gasteiger partial charge >= 0.3 is 147 Å². The first-order chi connectivity index (χ1) is 12.4. The van der Waals surface area contributed by atoms with Crippen LogP contribution in [0, 0.1) is 0 Å². The summed E-state index contributed by atoms with van der Waals surface area (Å²) in [6, 6.07) is 31.8. The Kier molecular flexibility index (Phi) is 4.32. The van der Waals surface area contributed by atoms with Gasteiger partial charge in [-0.2, -0.15) is 0 Å². The molecule has 0 bridgehead atoms. The molecular weight excluding hydrogens is 325 g/mol. The van der Waals surface area contributed by atoms with Crippen LogP contribution in [0.2, 0.25) is 0 Å². The molecular formula is C21H18N3P. The molecule has 1 aromatic heterocycles. The summed E-state index contributed by atoms with van der Waals surface area (Å²) in [6.07, 6.45) is 3.19. The zero-order chi connectivity index (χ0) is 17.0. The van der Waals surface area contributed by atoms with Crippen LogP contribution in [0.15, 0.2) is 104 Å². The molecule has 0 saturated heterocycles. The minimum atomic E-state index is -2.56. The number of nitrogens with zero attached hydrogens (tertiary/aromatic N) is 3. The zero-order valence-electron chi connectivity index (χ0n) is 13.7. The van der Waals surface area contributed by atoms with Gasteiger partial charge < -0.3 is 0 Å². The molecule has 0 spiro atoms. The van der Waals surface area contributed by atoms with Gasteiger partial charge in [0, 0.05) is 0 Å². The Morgan fingerprint density at radius 3 is 1.20 bits per heavy atom. The molecule has 3 nitrogen and oxygen atoms in total. The average Bonchev–Trinajstić information content (AvgIpc) is 2.72. The van der Waals surface area contributed by atoms with Crippen molar-refractivity contribution in [2.24, 2.45) is 0 Å². The van der Waals surface area contributed by atoms with Gasteiger partial charge in [0.05, 0.1) is 0 Å². The predicted molar refractivity (Wildman–Crippen MR) is 106 cm³/mol. The molecule has 0 amide bonds. The van der Waals surface area contributed by atoms with Gasteiger partial charge in [-0.15, -0.1) is 0 Å². The summed E-state index contributed by atoms with van der Waals surface area (Å²) in [5, 5.41) is 3.79. The van der Waals surface area contributed by atoms with Crippen molar-refractivity contribution in [2.75, 3.05) is 0 Å². The first-order valence-electron chi connectivity index (χ1n) is 8.21. The maximum atomic E-state index is 4.62. The van der Waals surface area contributed by atoms with E-state index in [0.29, 0.717) is 0 Å². The third-order valence-corrected chi connectivity index (χ3v) is 8.98. The summed E-state index contributed by atoms with van der Waals surface area (Å²) >= 11 is 0. The van der Waals surface area contributed by atoms with Crippen molar-refractivity contribution in [3.8, 4) is 0 Å². The molecule has 0 saturated carbocycles. The third kappa shape index (κ3) is 2.73. The topological polar surface area (TPSA) is 38.7 Å². The Hall–Kier alpha value is -2.90. The molecule has 4 heteroatoms. The second-order valence-electron chi connectivity index (χ2n) is 5.81. The minimum absolute atomic E-state index is 0.853. The SMILES string of the molecule is c1ccc([PH](c2ccccc2)(c2ccccc2)c2ncncn2)cc1. The van der Waals surface area contributed by atoms with E-state index in [-0.39, 0.29) is 0 Å².